The van der Waals surface area contributed by atoms with Crippen LogP contribution in [0, 0.1) is 0 Å². The SMILES string of the molecule is CC(=O)N[C@@H]1C([C@H](O)[C@@H](O)CO)O[C@](O)(C(=O)O)C[C@@H]1O. The number of rotatable bonds is 5. The summed E-state index contributed by atoms with van der Waals surface area (Å²) in [5.74, 6) is -5.17. The van der Waals surface area contributed by atoms with E-state index in [0.717, 1.165) is 6.92 Å². The predicted molar refractivity (Wildman–Crippen MR) is 64.8 cm³/mol. The molecule has 10 heteroatoms. The maximum Gasteiger partial charge on any atom is 0.364 e. The van der Waals surface area contributed by atoms with Crippen LogP contribution < -0.4 is 5.32 Å². The van der Waals surface area contributed by atoms with E-state index in [0.29, 0.717) is 0 Å². The molecule has 1 aliphatic heterocycles. The molecule has 0 radical (unpaired) electrons. The Balaban J connectivity index is 3.07. The molecule has 1 unspecified atom stereocenters. The van der Waals surface area contributed by atoms with Crippen molar-refractivity contribution < 1.29 is 45.0 Å². The van der Waals surface area contributed by atoms with Gasteiger partial charge in [-0.1, -0.05) is 0 Å². The van der Waals surface area contributed by atoms with Crippen molar-refractivity contribution in [2.24, 2.45) is 0 Å². The highest BCUT2D eigenvalue weighted by atomic mass is 16.7. The smallest absolute Gasteiger partial charge is 0.364 e. The molecule has 0 aliphatic carbocycles. The molecular formula is C11H19NO9. The summed E-state index contributed by atoms with van der Waals surface area (Å²) in [6, 6.07) is -1.27. The van der Waals surface area contributed by atoms with Crippen LogP contribution in [0.25, 0.3) is 0 Å². The second-order valence-corrected chi connectivity index (χ2v) is 4.91. The number of hydrogen-bond donors (Lipinski definition) is 7. The molecule has 0 bridgehead atoms. The molecule has 0 aromatic carbocycles. The standard InChI is InChI=1S/C11H19NO9/c1-4(14)12-7-5(15)2-11(20,10(18)19)21-9(7)8(17)6(16)3-13/h5-9,13,15-17,20H,2-3H2,1H3,(H,12,14)(H,18,19)/t5-,6-,7-,8+,9?,11-/m0/s1. The molecule has 1 rings (SSSR count). The molecule has 0 aromatic heterocycles. The van der Waals surface area contributed by atoms with Crippen LogP contribution in [-0.4, -0.2) is 85.4 Å². The molecule has 1 aliphatic rings. The molecule has 1 fully saturated rings. The van der Waals surface area contributed by atoms with Gasteiger partial charge in [0.1, 0.15) is 18.3 Å². The molecule has 0 aromatic rings. The molecule has 10 nitrogen and oxygen atoms in total. The van der Waals surface area contributed by atoms with Crippen LogP contribution in [-0.2, 0) is 14.3 Å². The number of ether oxygens (including phenoxy) is 1. The van der Waals surface area contributed by atoms with Gasteiger partial charge in [0.25, 0.3) is 5.79 Å². The van der Waals surface area contributed by atoms with Gasteiger partial charge in [0.2, 0.25) is 5.91 Å². The van der Waals surface area contributed by atoms with E-state index in [1.54, 1.807) is 0 Å². The number of carbonyl (C=O) groups is 2. The highest BCUT2D eigenvalue weighted by molar-refractivity contribution is 5.76. The number of aliphatic hydroxyl groups excluding tert-OH is 4. The van der Waals surface area contributed by atoms with Gasteiger partial charge in [-0.2, -0.15) is 0 Å². The quantitative estimate of drug-likeness (QED) is 0.268. The summed E-state index contributed by atoms with van der Waals surface area (Å²) < 4.78 is 4.86. The zero-order valence-corrected chi connectivity index (χ0v) is 11.2. The molecule has 1 amide bonds. The van der Waals surface area contributed by atoms with Crippen LogP contribution in [0.15, 0.2) is 0 Å². The summed E-state index contributed by atoms with van der Waals surface area (Å²) in [7, 11) is 0. The normalized spacial score (nSPS) is 35.8. The highest BCUT2D eigenvalue weighted by Gasteiger charge is 2.53. The van der Waals surface area contributed by atoms with E-state index in [1.165, 1.54) is 0 Å². The second kappa shape index (κ2) is 6.64. The summed E-state index contributed by atoms with van der Waals surface area (Å²) in [6.45, 7) is 0.256. The molecule has 122 valence electrons. The number of amides is 1. The molecule has 7 N–H and O–H groups in total. The van der Waals surface area contributed by atoms with Crippen molar-refractivity contribution >= 4 is 11.9 Å². The van der Waals surface area contributed by atoms with Crippen molar-refractivity contribution in [2.45, 2.75) is 49.6 Å². The monoisotopic (exact) mass is 309 g/mol. The van der Waals surface area contributed by atoms with E-state index in [-0.39, 0.29) is 0 Å². The van der Waals surface area contributed by atoms with E-state index in [2.05, 4.69) is 5.32 Å². The number of carbonyl (C=O) groups excluding carboxylic acids is 1. The van der Waals surface area contributed by atoms with E-state index >= 15 is 0 Å². The maximum atomic E-state index is 11.1. The minimum absolute atomic E-state index is 0.598. The Morgan fingerprint density at radius 3 is 2.43 bits per heavy atom. The minimum atomic E-state index is -2.78. The average molecular weight is 309 g/mol. The third-order valence-electron chi connectivity index (χ3n) is 3.21. The topological polar surface area (TPSA) is 177 Å². The predicted octanol–water partition coefficient (Wildman–Crippen LogP) is -3.87. The van der Waals surface area contributed by atoms with Crippen LogP contribution in [0.3, 0.4) is 0 Å². The van der Waals surface area contributed by atoms with Crippen LogP contribution in [0.2, 0.25) is 0 Å². The molecule has 0 saturated carbocycles. The fourth-order valence-corrected chi connectivity index (χ4v) is 2.14. The Morgan fingerprint density at radius 2 is 2.00 bits per heavy atom. The number of aliphatic hydroxyl groups is 5. The van der Waals surface area contributed by atoms with Gasteiger partial charge in [0.15, 0.2) is 0 Å². The summed E-state index contributed by atoms with van der Waals surface area (Å²) in [6.07, 6.45) is -7.48. The Hall–Kier alpha value is -1.30. The summed E-state index contributed by atoms with van der Waals surface area (Å²) in [5, 5.41) is 59.0. The second-order valence-electron chi connectivity index (χ2n) is 4.91. The van der Waals surface area contributed by atoms with Crippen LogP contribution in [0.5, 0.6) is 0 Å². The number of aliphatic carboxylic acids is 1. The van der Waals surface area contributed by atoms with E-state index in [4.69, 9.17) is 14.9 Å². The van der Waals surface area contributed by atoms with Crippen LogP contribution in [0.4, 0.5) is 0 Å². The number of carboxylic acid groups (broad SMARTS) is 1. The lowest BCUT2D eigenvalue weighted by atomic mass is 9.88. The van der Waals surface area contributed by atoms with Gasteiger partial charge in [0, 0.05) is 13.3 Å². The molecule has 6 atom stereocenters. The van der Waals surface area contributed by atoms with Crippen LogP contribution >= 0.6 is 0 Å². The molecular weight excluding hydrogens is 290 g/mol. The zero-order chi connectivity index (χ0) is 16.4. The van der Waals surface area contributed by atoms with Crippen molar-refractivity contribution in [3.63, 3.8) is 0 Å². The van der Waals surface area contributed by atoms with Crippen molar-refractivity contribution in [1.82, 2.24) is 5.32 Å². The Morgan fingerprint density at radius 1 is 1.43 bits per heavy atom. The fourth-order valence-electron chi connectivity index (χ4n) is 2.14. The molecule has 1 heterocycles. The number of nitrogens with one attached hydrogen (secondary N) is 1. The summed E-state index contributed by atoms with van der Waals surface area (Å²) in [5.41, 5.74) is 0. The molecule has 1 saturated heterocycles. The summed E-state index contributed by atoms with van der Waals surface area (Å²) >= 11 is 0. The first-order valence-corrected chi connectivity index (χ1v) is 6.18. The lowest BCUT2D eigenvalue weighted by Gasteiger charge is -2.44. The highest BCUT2D eigenvalue weighted by Crippen LogP contribution is 2.30. The van der Waals surface area contributed by atoms with Crippen molar-refractivity contribution in [1.29, 1.82) is 0 Å². The van der Waals surface area contributed by atoms with Crippen molar-refractivity contribution in [3.8, 4) is 0 Å². The van der Waals surface area contributed by atoms with Crippen molar-refractivity contribution in [3.05, 3.63) is 0 Å². The lowest BCUT2D eigenvalue weighted by molar-refractivity contribution is -0.295. The first-order valence-electron chi connectivity index (χ1n) is 6.18. The van der Waals surface area contributed by atoms with Gasteiger partial charge >= 0.3 is 5.97 Å². The van der Waals surface area contributed by atoms with E-state index < -0.39 is 61.1 Å². The van der Waals surface area contributed by atoms with Gasteiger partial charge in [-0.15, -0.1) is 0 Å². The maximum absolute atomic E-state index is 11.1. The average Bonchev–Trinajstić information content (AvgIpc) is 2.39. The third kappa shape index (κ3) is 3.87. The van der Waals surface area contributed by atoms with Gasteiger partial charge < -0.3 is 40.7 Å². The Bertz CT molecular complexity index is 403. The first kappa shape index (κ1) is 17.8. The van der Waals surface area contributed by atoms with E-state index in [1.807, 2.05) is 0 Å². The number of carboxylic acids is 1. The third-order valence-corrected chi connectivity index (χ3v) is 3.21. The van der Waals surface area contributed by atoms with Gasteiger partial charge in [0.05, 0.1) is 18.8 Å². The van der Waals surface area contributed by atoms with Gasteiger partial charge in [-0.25, -0.2) is 4.79 Å². The lowest BCUT2D eigenvalue weighted by Crippen LogP contribution is -2.67. The Labute approximate surface area is 119 Å². The van der Waals surface area contributed by atoms with Crippen molar-refractivity contribution in [2.75, 3.05) is 6.61 Å². The largest absolute Gasteiger partial charge is 0.477 e. The molecule has 21 heavy (non-hydrogen) atoms. The Kier molecular flexibility index (Phi) is 5.61. The van der Waals surface area contributed by atoms with Crippen LogP contribution in [0.1, 0.15) is 13.3 Å². The van der Waals surface area contributed by atoms with E-state index in [9.17, 15) is 30.0 Å². The molecule has 0 spiro atoms. The fraction of sp³-hybridized carbons (Fsp3) is 0.818. The summed E-state index contributed by atoms with van der Waals surface area (Å²) in [4.78, 5) is 22.1. The zero-order valence-electron chi connectivity index (χ0n) is 11.2. The number of hydrogen-bond acceptors (Lipinski definition) is 8. The first-order chi connectivity index (χ1) is 9.62. The minimum Gasteiger partial charge on any atom is -0.477 e. The van der Waals surface area contributed by atoms with Gasteiger partial charge in [-0.05, 0) is 0 Å². The van der Waals surface area contributed by atoms with Gasteiger partial charge in [-0.3, -0.25) is 4.79 Å².